The lowest BCUT2D eigenvalue weighted by molar-refractivity contribution is -0.148. The minimum atomic E-state index is -1.49. The van der Waals surface area contributed by atoms with Crippen molar-refractivity contribution in [2.75, 3.05) is 0 Å². The molecule has 0 aromatic heterocycles. The Bertz CT molecular complexity index is 214. The third kappa shape index (κ3) is 5.02. The van der Waals surface area contributed by atoms with Gasteiger partial charge in [-0.25, -0.2) is 4.79 Å². The highest BCUT2D eigenvalue weighted by Crippen LogP contribution is 1.86. The highest BCUT2D eigenvalue weighted by atomic mass is 16.4. The van der Waals surface area contributed by atoms with E-state index in [0.29, 0.717) is 0 Å². The Morgan fingerprint density at radius 3 is 2.27 bits per heavy atom. The summed E-state index contributed by atoms with van der Waals surface area (Å²) >= 11 is 0. The van der Waals surface area contributed by atoms with Gasteiger partial charge in [0, 0.05) is 13.3 Å². The Labute approximate surface area is 63.5 Å². The number of hydrogen-bond acceptors (Lipinski definition) is 3. The summed E-state index contributed by atoms with van der Waals surface area (Å²) in [5.41, 5.74) is 0. The summed E-state index contributed by atoms with van der Waals surface area (Å²) in [6.45, 7) is 3.00. The Morgan fingerprint density at radius 2 is 1.91 bits per heavy atom. The molecule has 0 aliphatic heterocycles. The summed E-state index contributed by atoms with van der Waals surface area (Å²) in [4.78, 5) is 30.4. The molecule has 0 aromatic carbocycles. The van der Waals surface area contributed by atoms with E-state index in [1.807, 2.05) is 0 Å². The fourth-order valence-electron chi connectivity index (χ4n) is 0.385. The number of ketones is 2. The van der Waals surface area contributed by atoms with Crippen LogP contribution in [0.25, 0.3) is 0 Å². The van der Waals surface area contributed by atoms with Crippen LogP contribution in [0, 0.1) is 6.92 Å². The van der Waals surface area contributed by atoms with Crippen molar-refractivity contribution in [3.63, 3.8) is 0 Å². The van der Waals surface area contributed by atoms with E-state index in [2.05, 4.69) is 6.92 Å². The minimum absolute atomic E-state index is 0.267. The summed E-state index contributed by atoms with van der Waals surface area (Å²) in [7, 11) is 0. The fraction of sp³-hybridized carbons (Fsp3) is 0.143. The van der Waals surface area contributed by atoms with Gasteiger partial charge >= 0.3 is 5.97 Å². The van der Waals surface area contributed by atoms with E-state index in [9.17, 15) is 14.4 Å². The molecule has 0 amide bonds. The van der Waals surface area contributed by atoms with Gasteiger partial charge in [-0.3, -0.25) is 9.59 Å². The smallest absolute Gasteiger partial charge is 0.372 e. The summed E-state index contributed by atoms with van der Waals surface area (Å²) in [5, 5.41) is 8.06. The van der Waals surface area contributed by atoms with Crippen LogP contribution in [-0.4, -0.2) is 22.6 Å². The molecule has 11 heavy (non-hydrogen) atoms. The molecule has 59 valence electrons. The average Bonchev–Trinajstić information content (AvgIpc) is 1.86. The van der Waals surface area contributed by atoms with Crippen molar-refractivity contribution in [1.82, 2.24) is 0 Å². The summed E-state index contributed by atoms with van der Waals surface area (Å²) in [5.74, 6) is -2.89. The maximum Gasteiger partial charge on any atom is 0.372 e. The second-order valence-corrected chi connectivity index (χ2v) is 1.80. The lowest BCUT2D eigenvalue weighted by Crippen LogP contribution is -2.10. The zero-order valence-corrected chi connectivity index (χ0v) is 5.74. The third-order valence-corrected chi connectivity index (χ3v) is 0.846. The molecule has 1 N–H and O–H groups in total. The van der Waals surface area contributed by atoms with Gasteiger partial charge in [0.15, 0.2) is 5.78 Å². The van der Waals surface area contributed by atoms with Crippen molar-refractivity contribution in [2.45, 2.75) is 6.42 Å². The number of carbonyl (C=O) groups excluding carboxylic acids is 2. The molecule has 0 aliphatic rings. The van der Waals surface area contributed by atoms with Crippen LogP contribution in [0.2, 0.25) is 0 Å². The highest BCUT2D eigenvalue weighted by molar-refractivity contribution is 6.33. The highest BCUT2D eigenvalue weighted by Gasteiger charge is 2.07. The van der Waals surface area contributed by atoms with Crippen molar-refractivity contribution < 1.29 is 19.5 Å². The molecule has 4 nitrogen and oxygen atoms in total. The van der Waals surface area contributed by atoms with E-state index in [0.717, 1.165) is 6.08 Å². The normalized spacial score (nSPS) is 9.91. The number of allylic oxidation sites excluding steroid dienone is 2. The Hall–Kier alpha value is -1.45. The van der Waals surface area contributed by atoms with Gasteiger partial charge in [-0.1, -0.05) is 6.08 Å². The fourth-order valence-corrected chi connectivity index (χ4v) is 0.385. The lowest BCUT2D eigenvalue weighted by atomic mass is 10.2. The first kappa shape index (κ1) is 9.55. The first-order valence-electron chi connectivity index (χ1n) is 2.82. The van der Waals surface area contributed by atoms with Crippen molar-refractivity contribution in [3.05, 3.63) is 19.1 Å². The Morgan fingerprint density at radius 1 is 1.36 bits per heavy atom. The van der Waals surface area contributed by atoms with E-state index in [-0.39, 0.29) is 6.42 Å². The van der Waals surface area contributed by atoms with E-state index in [1.165, 1.54) is 6.08 Å². The maximum atomic E-state index is 10.3. The number of hydrogen-bond donors (Lipinski definition) is 1. The van der Waals surface area contributed by atoms with E-state index < -0.39 is 17.5 Å². The molecule has 0 spiro atoms. The van der Waals surface area contributed by atoms with E-state index in [4.69, 9.17) is 5.11 Å². The van der Waals surface area contributed by atoms with Crippen LogP contribution in [0.4, 0.5) is 0 Å². The average molecular weight is 155 g/mol. The molecule has 0 aromatic rings. The van der Waals surface area contributed by atoms with Crippen LogP contribution < -0.4 is 0 Å². The van der Waals surface area contributed by atoms with Gasteiger partial charge in [0.2, 0.25) is 5.78 Å². The second-order valence-electron chi connectivity index (χ2n) is 1.80. The number of carbonyl (C=O) groups is 3. The molecular formula is C7H7O4. The monoisotopic (exact) mass is 155 g/mol. The molecule has 0 heterocycles. The van der Waals surface area contributed by atoms with E-state index >= 15 is 0 Å². The van der Waals surface area contributed by atoms with Crippen LogP contribution in [0.15, 0.2) is 12.2 Å². The number of aliphatic carboxylic acids is 1. The van der Waals surface area contributed by atoms with Crippen LogP contribution in [0.1, 0.15) is 6.42 Å². The number of rotatable bonds is 4. The van der Waals surface area contributed by atoms with Gasteiger partial charge in [0.05, 0.1) is 0 Å². The summed E-state index contributed by atoms with van der Waals surface area (Å²) in [6.07, 6.45) is 1.96. The molecule has 0 aliphatic carbocycles. The van der Waals surface area contributed by atoms with Gasteiger partial charge in [-0.05, 0) is 6.08 Å². The molecule has 4 heteroatoms. The molecule has 1 radical (unpaired) electrons. The molecule has 0 unspecified atom stereocenters. The SMILES string of the molecule is [CH2]C(=O)C=CCC(=O)C(=O)O. The number of carboxylic acids is 1. The van der Waals surface area contributed by atoms with Crippen molar-refractivity contribution in [2.24, 2.45) is 0 Å². The van der Waals surface area contributed by atoms with Gasteiger partial charge in [-0.2, -0.15) is 0 Å². The molecule has 0 atom stereocenters. The Balaban J connectivity index is 3.80. The zero-order valence-electron chi connectivity index (χ0n) is 5.74. The third-order valence-electron chi connectivity index (χ3n) is 0.846. The quantitative estimate of drug-likeness (QED) is 0.457. The van der Waals surface area contributed by atoms with Crippen LogP contribution >= 0.6 is 0 Å². The molecule has 0 fully saturated rings. The van der Waals surface area contributed by atoms with Crippen LogP contribution in [0.5, 0.6) is 0 Å². The summed E-state index contributed by atoms with van der Waals surface area (Å²) < 4.78 is 0. The van der Waals surface area contributed by atoms with Gasteiger partial charge in [0.1, 0.15) is 0 Å². The van der Waals surface area contributed by atoms with Crippen molar-refractivity contribution in [3.8, 4) is 0 Å². The molecule has 0 rings (SSSR count). The topological polar surface area (TPSA) is 71.4 Å². The standard InChI is InChI=1S/C7H7O4/c1-5(8)3-2-4-6(9)7(10)11/h2-3H,1,4H2,(H,10,11). The largest absolute Gasteiger partial charge is 0.475 e. The second kappa shape index (κ2) is 4.38. The number of carboxylic acid groups (broad SMARTS) is 1. The molecule has 0 bridgehead atoms. The van der Waals surface area contributed by atoms with Gasteiger partial charge < -0.3 is 5.11 Å². The molecule has 0 saturated carbocycles. The van der Waals surface area contributed by atoms with Gasteiger partial charge in [0.25, 0.3) is 0 Å². The first-order chi connectivity index (χ1) is 5.04. The minimum Gasteiger partial charge on any atom is -0.475 e. The van der Waals surface area contributed by atoms with E-state index in [1.54, 1.807) is 0 Å². The van der Waals surface area contributed by atoms with Crippen molar-refractivity contribution in [1.29, 1.82) is 0 Å². The van der Waals surface area contributed by atoms with Crippen LogP contribution in [0.3, 0.4) is 0 Å². The predicted molar refractivity (Wildman–Crippen MR) is 36.8 cm³/mol. The van der Waals surface area contributed by atoms with Crippen LogP contribution in [-0.2, 0) is 14.4 Å². The molecule has 0 saturated heterocycles. The first-order valence-corrected chi connectivity index (χ1v) is 2.82. The molecular weight excluding hydrogens is 148 g/mol. The zero-order chi connectivity index (χ0) is 8.85. The van der Waals surface area contributed by atoms with Gasteiger partial charge in [-0.15, -0.1) is 0 Å². The maximum absolute atomic E-state index is 10.3. The Kier molecular flexibility index (Phi) is 3.80. The summed E-state index contributed by atoms with van der Waals surface area (Å²) in [6, 6.07) is 0. The number of Topliss-reactive ketones (excluding diaryl/α,β-unsaturated/α-hetero) is 1. The van der Waals surface area contributed by atoms with Crippen molar-refractivity contribution >= 4 is 17.5 Å². The predicted octanol–water partition coefficient (Wildman–Crippen LogP) is -0.0104. The lowest BCUT2D eigenvalue weighted by Gasteiger charge is -1.85.